The Morgan fingerprint density at radius 1 is 1.12 bits per heavy atom. The summed E-state index contributed by atoms with van der Waals surface area (Å²) in [6.45, 7) is 2.24. The van der Waals surface area contributed by atoms with Gasteiger partial charge in [-0.05, 0) is 55.0 Å². The molecule has 2 amide bonds. The van der Waals surface area contributed by atoms with Gasteiger partial charge in [-0.3, -0.25) is 9.59 Å². The first-order chi connectivity index (χ1) is 12.5. The Labute approximate surface area is 158 Å². The fourth-order valence-electron chi connectivity index (χ4n) is 2.24. The molecule has 2 aromatic carbocycles. The Hall–Kier alpha value is -2.79. The zero-order valence-corrected chi connectivity index (χ0v) is 15.5. The van der Waals surface area contributed by atoms with E-state index in [-0.39, 0.29) is 18.4 Å². The van der Waals surface area contributed by atoms with Crippen LogP contribution in [-0.2, 0) is 9.59 Å². The number of methoxy groups -OCH3 is 1. The Bertz CT molecular complexity index is 771. The smallest absolute Gasteiger partial charge is 0.247 e. The molecule has 0 saturated heterocycles. The number of carbonyl (C=O) groups is 2. The Balaban J connectivity index is 1.92. The monoisotopic (exact) mass is 372 g/mol. The second kappa shape index (κ2) is 9.63. The number of hydrogen-bond acceptors (Lipinski definition) is 3. The number of anilines is 1. The summed E-state index contributed by atoms with van der Waals surface area (Å²) in [6, 6.07) is 14.2. The summed E-state index contributed by atoms with van der Waals surface area (Å²) >= 11 is 5.84. The van der Waals surface area contributed by atoms with Gasteiger partial charge < -0.3 is 15.0 Å². The number of ether oxygens (including phenoxy) is 1. The molecule has 0 aliphatic rings. The van der Waals surface area contributed by atoms with Crippen LogP contribution in [0.25, 0.3) is 6.08 Å². The van der Waals surface area contributed by atoms with Gasteiger partial charge in [0.15, 0.2) is 0 Å². The first-order valence-electron chi connectivity index (χ1n) is 8.18. The summed E-state index contributed by atoms with van der Waals surface area (Å²) in [4.78, 5) is 25.9. The maximum absolute atomic E-state index is 12.3. The predicted octanol–water partition coefficient (Wildman–Crippen LogP) is 3.85. The molecule has 0 bridgehead atoms. The van der Waals surface area contributed by atoms with Crippen molar-refractivity contribution in [1.29, 1.82) is 0 Å². The van der Waals surface area contributed by atoms with Gasteiger partial charge >= 0.3 is 0 Å². The lowest BCUT2D eigenvalue weighted by atomic mass is 10.2. The molecule has 136 valence electrons. The highest BCUT2D eigenvalue weighted by atomic mass is 35.5. The Morgan fingerprint density at radius 2 is 1.77 bits per heavy atom. The van der Waals surface area contributed by atoms with Gasteiger partial charge in [0.1, 0.15) is 12.3 Å². The third kappa shape index (κ3) is 5.93. The van der Waals surface area contributed by atoms with E-state index in [1.165, 1.54) is 11.0 Å². The van der Waals surface area contributed by atoms with E-state index in [9.17, 15) is 9.59 Å². The van der Waals surface area contributed by atoms with Crippen LogP contribution in [0.4, 0.5) is 5.69 Å². The zero-order valence-electron chi connectivity index (χ0n) is 14.7. The van der Waals surface area contributed by atoms with Crippen LogP contribution in [0.2, 0.25) is 5.02 Å². The van der Waals surface area contributed by atoms with E-state index in [0.29, 0.717) is 23.0 Å². The highest BCUT2D eigenvalue weighted by molar-refractivity contribution is 6.30. The van der Waals surface area contributed by atoms with Crippen LogP contribution >= 0.6 is 11.6 Å². The molecule has 26 heavy (non-hydrogen) atoms. The van der Waals surface area contributed by atoms with Crippen molar-refractivity contribution in [1.82, 2.24) is 4.90 Å². The molecule has 0 aromatic heterocycles. The third-order valence-electron chi connectivity index (χ3n) is 3.69. The van der Waals surface area contributed by atoms with Crippen LogP contribution in [0.5, 0.6) is 5.75 Å². The highest BCUT2D eigenvalue weighted by Crippen LogP contribution is 2.15. The molecule has 0 atom stereocenters. The van der Waals surface area contributed by atoms with E-state index in [1.54, 1.807) is 49.6 Å². The van der Waals surface area contributed by atoms with Gasteiger partial charge in [0.2, 0.25) is 11.8 Å². The molecule has 0 aliphatic heterocycles. The molecule has 0 spiro atoms. The van der Waals surface area contributed by atoms with Gasteiger partial charge in [0, 0.05) is 23.3 Å². The van der Waals surface area contributed by atoms with Crippen LogP contribution in [0.3, 0.4) is 0 Å². The minimum atomic E-state index is -0.259. The number of nitrogens with zero attached hydrogens (tertiary/aromatic N) is 1. The summed E-state index contributed by atoms with van der Waals surface area (Å²) in [5.74, 6) is 0.221. The van der Waals surface area contributed by atoms with Crippen molar-refractivity contribution in [3.63, 3.8) is 0 Å². The first kappa shape index (κ1) is 19.5. The largest absolute Gasteiger partial charge is 0.497 e. The molecule has 5 nitrogen and oxygen atoms in total. The van der Waals surface area contributed by atoms with Crippen LogP contribution in [-0.4, -0.2) is 36.9 Å². The van der Waals surface area contributed by atoms with Crippen molar-refractivity contribution in [2.24, 2.45) is 0 Å². The average Bonchev–Trinajstić information content (AvgIpc) is 2.66. The number of halogens is 1. The average molecular weight is 373 g/mol. The normalized spacial score (nSPS) is 10.6. The van der Waals surface area contributed by atoms with Crippen molar-refractivity contribution in [3.05, 3.63) is 65.2 Å². The summed E-state index contributed by atoms with van der Waals surface area (Å²) in [5, 5.41) is 3.40. The van der Waals surface area contributed by atoms with Crippen molar-refractivity contribution >= 4 is 35.2 Å². The van der Waals surface area contributed by atoms with E-state index in [4.69, 9.17) is 16.3 Å². The van der Waals surface area contributed by atoms with Gasteiger partial charge in [0.25, 0.3) is 0 Å². The van der Waals surface area contributed by atoms with Crippen molar-refractivity contribution in [2.45, 2.75) is 6.92 Å². The number of amides is 2. The maximum Gasteiger partial charge on any atom is 0.247 e. The molecule has 0 radical (unpaired) electrons. The van der Waals surface area contributed by atoms with Gasteiger partial charge in [0.05, 0.1) is 7.11 Å². The molecule has 0 fully saturated rings. The zero-order chi connectivity index (χ0) is 18.9. The van der Waals surface area contributed by atoms with Gasteiger partial charge in [-0.2, -0.15) is 0 Å². The minimum absolute atomic E-state index is 0.0215. The quantitative estimate of drug-likeness (QED) is 0.751. The summed E-state index contributed by atoms with van der Waals surface area (Å²) in [7, 11) is 1.58. The first-order valence-corrected chi connectivity index (χ1v) is 8.56. The maximum atomic E-state index is 12.3. The van der Waals surface area contributed by atoms with Gasteiger partial charge in [-0.25, -0.2) is 0 Å². The Morgan fingerprint density at radius 3 is 2.35 bits per heavy atom. The van der Waals surface area contributed by atoms with Crippen LogP contribution in [0, 0.1) is 0 Å². The lowest BCUT2D eigenvalue weighted by Crippen LogP contribution is -2.36. The number of likely N-dealkylation sites (N-methyl/N-ethyl adjacent to an activating group) is 1. The van der Waals surface area contributed by atoms with Crippen molar-refractivity contribution in [2.75, 3.05) is 25.5 Å². The highest BCUT2D eigenvalue weighted by Gasteiger charge is 2.13. The second-order valence-corrected chi connectivity index (χ2v) is 5.95. The Kier molecular flexibility index (Phi) is 7.24. The molecule has 0 heterocycles. The van der Waals surface area contributed by atoms with E-state index in [2.05, 4.69) is 5.32 Å². The molecule has 1 N–H and O–H groups in total. The summed E-state index contributed by atoms with van der Waals surface area (Å²) < 4.78 is 5.08. The molecule has 2 rings (SSSR count). The van der Waals surface area contributed by atoms with E-state index >= 15 is 0 Å². The molecule has 2 aromatic rings. The number of benzene rings is 2. The lowest BCUT2D eigenvalue weighted by Gasteiger charge is -2.18. The molecular weight excluding hydrogens is 352 g/mol. The number of nitrogens with one attached hydrogen (secondary N) is 1. The number of hydrogen-bond donors (Lipinski definition) is 1. The van der Waals surface area contributed by atoms with E-state index < -0.39 is 0 Å². The fraction of sp³-hybridized carbons (Fsp3) is 0.200. The predicted molar refractivity (Wildman–Crippen MR) is 104 cm³/mol. The number of rotatable bonds is 7. The van der Waals surface area contributed by atoms with E-state index in [0.717, 1.165) is 5.56 Å². The van der Waals surface area contributed by atoms with Crippen molar-refractivity contribution in [3.8, 4) is 5.75 Å². The van der Waals surface area contributed by atoms with Crippen LogP contribution in [0.1, 0.15) is 12.5 Å². The summed E-state index contributed by atoms with van der Waals surface area (Å²) in [5.41, 5.74) is 1.51. The molecular formula is C20H21ClN2O3. The minimum Gasteiger partial charge on any atom is -0.497 e. The fourth-order valence-corrected chi connectivity index (χ4v) is 2.37. The lowest BCUT2D eigenvalue weighted by molar-refractivity contribution is -0.130. The second-order valence-electron chi connectivity index (χ2n) is 5.51. The van der Waals surface area contributed by atoms with Crippen molar-refractivity contribution < 1.29 is 14.3 Å². The standard InChI is InChI=1S/C20H21ClN2O3/c1-3-23(20(25)13-6-15-4-7-16(21)8-5-15)14-19(24)22-17-9-11-18(26-2)12-10-17/h4-13H,3,14H2,1-2H3,(H,22,24)/b13-6+. The summed E-state index contributed by atoms with van der Waals surface area (Å²) in [6.07, 6.45) is 3.15. The molecule has 6 heteroatoms. The van der Waals surface area contributed by atoms with Gasteiger partial charge in [-0.1, -0.05) is 23.7 Å². The number of carbonyl (C=O) groups excluding carboxylic acids is 2. The van der Waals surface area contributed by atoms with Gasteiger partial charge in [-0.15, -0.1) is 0 Å². The topological polar surface area (TPSA) is 58.6 Å². The third-order valence-corrected chi connectivity index (χ3v) is 3.94. The van der Waals surface area contributed by atoms with E-state index in [1.807, 2.05) is 19.1 Å². The SMILES string of the molecule is CCN(CC(=O)Nc1ccc(OC)cc1)C(=O)/C=C/c1ccc(Cl)cc1. The van der Waals surface area contributed by atoms with Crippen LogP contribution in [0.15, 0.2) is 54.6 Å². The molecule has 0 saturated carbocycles. The molecule has 0 unspecified atom stereocenters. The molecule has 0 aliphatic carbocycles. The van der Waals surface area contributed by atoms with Crippen LogP contribution < -0.4 is 10.1 Å².